The Hall–Kier alpha value is -1.31. The molecule has 1 rings (SSSR count). The van der Waals surface area contributed by atoms with Crippen LogP contribution in [-0.2, 0) is 19.4 Å². The van der Waals surface area contributed by atoms with Crippen molar-refractivity contribution in [3.63, 3.8) is 0 Å². The van der Waals surface area contributed by atoms with Gasteiger partial charge in [-0.15, -0.1) is 0 Å². The third-order valence-electron chi connectivity index (χ3n) is 2.18. The fraction of sp³-hybridized carbons (Fsp3) is 0.800. The second kappa shape index (κ2) is 5.13. The van der Waals surface area contributed by atoms with Crippen molar-refractivity contribution in [3.8, 4) is 0 Å². The summed E-state index contributed by atoms with van der Waals surface area (Å²) in [5.74, 6) is -0.830. The maximum absolute atomic E-state index is 11.6. The second-order valence-corrected chi connectivity index (χ2v) is 7.34. The van der Waals surface area contributed by atoms with Crippen LogP contribution in [0, 0.1) is 0 Å². The van der Waals surface area contributed by atoms with E-state index in [2.05, 4.69) is 5.32 Å². The molecule has 0 atom stereocenters. The molecule has 7 nitrogen and oxygen atoms in total. The highest BCUT2D eigenvalue weighted by Gasteiger charge is 2.29. The number of alkyl carbamates (subject to hydrolysis) is 1. The molecule has 0 unspecified atom stereocenters. The predicted molar refractivity (Wildman–Crippen MR) is 64.6 cm³/mol. The molecule has 1 heterocycles. The van der Waals surface area contributed by atoms with Crippen molar-refractivity contribution in [1.29, 1.82) is 0 Å². The maximum Gasteiger partial charge on any atom is 0.408 e. The van der Waals surface area contributed by atoms with Crippen molar-refractivity contribution in [3.05, 3.63) is 0 Å². The lowest BCUT2D eigenvalue weighted by atomic mass is 10.1. The Morgan fingerprint density at radius 1 is 1.33 bits per heavy atom. The lowest BCUT2D eigenvalue weighted by Gasteiger charge is -2.20. The normalized spacial score (nSPS) is 18.5. The molecule has 1 fully saturated rings. The smallest absolute Gasteiger partial charge is 0.408 e. The average molecular weight is 278 g/mol. The molecule has 1 aliphatic heterocycles. The van der Waals surface area contributed by atoms with E-state index in [1.807, 2.05) is 0 Å². The Morgan fingerprint density at radius 3 is 2.39 bits per heavy atom. The van der Waals surface area contributed by atoms with Crippen molar-refractivity contribution in [2.45, 2.75) is 26.3 Å². The zero-order chi connectivity index (χ0) is 14.0. The van der Waals surface area contributed by atoms with Crippen LogP contribution in [0.3, 0.4) is 0 Å². The number of hydrogen-bond acceptors (Lipinski definition) is 5. The number of sulfone groups is 1. The maximum atomic E-state index is 11.6. The summed E-state index contributed by atoms with van der Waals surface area (Å²) in [5, 5.41) is 2.53. The summed E-state index contributed by atoms with van der Waals surface area (Å²) in [4.78, 5) is 24.0. The van der Waals surface area contributed by atoms with Gasteiger partial charge in [0.05, 0.1) is 5.75 Å². The summed E-state index contributed by atoms with van der Waals surface area (Å²) in [6, 6.07) is 0. The zero-order valence-corrected chi connectivity index (χ0v) is 11.5. The van der Waals surface area contributed by atoms with Crippen LogP contribution < -0.4 is 5.32 Å². The number of carbonyl (C=O) groups excluding carboxylic acids is 2. The number of nitrogens with one attached hydrogen (secondary N) is 1. The molecule has 2 amide bonds. The fourth-order valence-corrected chi connectivity index (χ4v) is 2.75. The second-order valence-electron chi connectivity index (χ2n) is 5.19. The van der Waals surface area contributed by atoms with Crippen LogP contribution in [0.2, 0.25) is 0 Å². The van der Waals surface area contributed by atoms with Gasteiger partial charge in [0.2, 0.25) is 0 Å². The molecule has 1 saturated heterocycles. The highest BCUT2D eigenvalue weighted by atomic mass is 32.2. The number of amides is 2. The molecule has 0 radical (unpaired) electrons. The van der Waals surface area contributed by atoms with E-state index in [4.69, 9.17) is 4.74 Å². The van der Waals surface area contributed by atoms with Crippen molar-refractivity contribution < 1.29 is 22.7 Å². The van der Waals surface area contributed by atoms with Crippen molar-refractivity contribution >= 4 is 21.8 Å². The minimum atomic E-state index is -3.16. The monoisotopic (exact) mass is 278 g/mol. The first-order valence-electron chi connectivity index (χ1n) is 5.52. The molecule has 8 heteroatoms. The highest BCUT2D eigenvalue weighted by molar-refractivity contribution is 7.91. The van der Waals surface area contributed by atoms with E-state index in [1.165, 1.54) is 4.90 Å². The third kappa shape index (κ3) is 4.91. The predicted octanol–water partition coefficient (Wildman–Crippen LogP) is -0.274. The molecule has 0 bridgehead atoms. The van der Waals surface area contributed by atoms with Crippen LogP contribution in [0.1, 0.15) is 20.8 Å². The van der Waals surface area contributed by atoms with Gasteiger partial charge in [0.25, 0.3) is 5.91 Å². The van der Waals surface area contributed by atoms with Gasteiger partial charge in [-0.2, -0.15) is 0 Å². The SMILES string of the molecule is CC(C)(C)NC(=O)OCC(=O)N1CCS(=O)(=O)C1. The number of carbonyl (C=O) groups is 2. The molecule has 0 aliphatic carbocycles. The number of hydrogen-bond donors (Lipinski definition) is 1. The van der Waals surface area contributed by atoms with E-state index in [9.17, 15) is 18.0 Å². The molecule has 0 aromatic rings. The Labute approximate surface area is 106 Å². The third-order valence-corrected chi connectivity index (χ3v) is 3.69. The molecule has 1 N–H and O–H groups in total. The summed E-state index contributed by atoms with van der Waals surface area (Å²) in [6.45, 7) is 5.05. The topological polar surface area (TPSA) is 92.8 Å². The van der Waals surface area contributed by atoms with Crippen LogP contribution in [0.25, 0.3) is 0 Å². The summed E-state index contributed by atoms with van der Waals surface area (Å²) < 4.78 is 27.0. The van der Waals surface area contributed by atoms with E-state index in [0.29, 0.717) is 0 Å². The lowest BCUT2D eigenvalue weighted by molar-refractivity contribution is -0.132. The van der Waals surface area contributed by atoms with E-state index in [1.54, 1.807) is 20.8 Å². The van der Waals surface area contributed by atoms with Gasteiger partial charge in [0, 0.05) is 12.1 Å². The Balaban J connectivity index is 2.36. The summed E-state index contributed by atoms with van der Waals surface area (Å²) in [5.41, 5.74) is -0.447. The molecule has 0 aromatic heterocycles. The van der Waals surface area contributed by atoms with Gasteiger partial charge in [-0.3, -0.25) is 4.79 Å². The minimum Gasteiger partial charge on any atom is -0.439 e. The molecular weight excluding hydrogens is 260 g/mol. The number of rotatable bonds is 2. The van der Waals surface area contributed by atoms with E-state index in [-0.39, 0.29) is 18.2 Å². The molecule has 0 aromatic carbocycles. The van der Waals surface area contributed by atoms with Crippen LogP contribution in [0.15, 0.2) is 0 Å². The van der Waals surface area contributed by atoms with Gasteiger partial charge in [-0.25, -0.2) is 13.2 Å². The van der Waals surface area contributed by atoms with Gasteiger partial charge in [-0.05, 0) is 20.8 Å². The van der Waals surface area contributed by atoms with Gasteiger partial charge in [-0.1, -0.05) is 0 Å². The van der Waals surface area contributed by atoms with Crippen LogP contribution in [-0.4, -0.2) is 55.6 Å². The number of nitrogens with zero attached hydrogens (tertiary/aromatic N) is 1. The quantitative estimate of drug-likeness (QED) is 0.750. The van der Waals surface area contributed by atoms with E-state index >= 15 is 0 Å². The molecule has 104 valence electrons. The lowest BCUT2D eigenvalue weighted by Crippen LogP contribution is -2.42. The van der Waals surface area contributed by atoms with Gasteiger partial charge >= 0.3 is 6.09 Å². The Morgan fingerprint density at radius 2 is 1.94 bits per heavy atom. The standard InChI is InChI=1S/C10H18N2O5S/c1-10(2,3)11-9(14)17-6-8(13)12-4-5-18(15,16)7-12/h4-7H2,1-3H3,(H,11,14). The first kappa shape index (κ1) is 14.7. The molecule has 1 aliphatic rings. The van der Waals surface area contributed by atoms with Crippen molar-refractivity contribution in [2.75, 3.05) is 24.8 Å². The molecule has 0 saturated carbocycles. The fourth-order valence-electron chi connectivity index (χ4n) is 1.37. The largest absolute Gasteiger partial charge is 0.439 e. The van der Waals surface area contributed by atoms with Crippen molar-refractivity contribution in [2.24, 2.45) is 0 Å². The first-order chi connectivity index (χ1) is 8.09. The van der Waals surface area contributed by atoms with E-state index in [0.717, 1.165) is 0 Å². The van der Waals surface area contributed by atoms with Crippen LogP contribution in [0.4, 0.5) is 4.79 Å². The van der Waals surface area contributed by atoms with Gasteiger partial charge < -0.3 is 15.0 Å². The van der Waals surface area contributed by atoms with Gasteiger partial charge in [0.1, 0.15) is 5.88 Å². The average Bonchev–Trinajstić information content (AvgIpc) is 2.52. The van der Waals surface area contributed by atoms with Crippen LogP contribution >= 0.6 is 0 Å². The number of ether oxygens (including phenoxy) is 1. The summed E-state index contributed by atoms with van der Waals surface area (Å²) in [6.07, 6.45) is -0.696. The zero-order valence-electron chi connectivity index (χ0n) is 10.7. The Bertz CT molecular complexity index is 438. The highest BCUT2D eigenvalue weighted by Crippen LogP contribution is 2.07. The summed E-state index contributed by atoms with van der Waals surface area (Å²) >= 11 is 0. The van der Waals surface area contributed by atoms with Crippen LogP contribution in [0.5, 0.6) is 0 Å². The van der Waals surface area contributed by atoms with Crippen molar-refractivity contribution in [1.82, 2.24) is 10.2 Å². The Kier molecular flexibility index (Phi) is 4.20. The molecule has 0 spiro atoms. The minimum absolute atomic E-state index is 0.0348. The van der Waals surface area contributed by atoms with Gasteiger partial charge in [0.15, 0.2) is 16.4 Å². The molecule has 18 heavy (non-hydrogen) atoms. The molecular formula is C10H18N2O5S. The first-order valence-corrected chi connectivity index (χ1v) is 7.34. The van der Waals surface area contributed by atoms with E-state index < -0.39 is 34.0 Å². The summed E-state index contributed by atoms with van der Waals surface area (Å²) in [7, 11) is -3.16.